The van der Waals surface area contributed by atoms with E-state index < -0.39 is 0 Å². The zero-order chi connectivity index (χ0) is 14.5. The zero-order valence-electron chi connectivity index (χ0n) is 13.5. The van der Waals surface area contributed by atoms with E-state index in [1.165, 1.54) is 12.8 Å². The Labute approximate surface area is 119 Å². The van der Waals surface area contributed by atoms with E-state index in [0.29, 0.717) is 6.04 Å². The smallest absolute Gasteiger partial charge is 0.191 e. The summed E-state index contributed by atoms with van der Waals surface area (Å²) in [4.78, 5) is 4.57. The number of guanidine groups is 1. The van der Waals surface area contributed by atoms with E-state index in [0.717, 1.165) is 44.6 Å². The first-order valence-corrected chi connectivity index (χ1v) is 7.72. The summed E-state index contributed by atoms with van der Waals surface area (Å²) < 4.78 is 5.31. The van der Waals surface area contributed by atoms with Crippen molar-refractivity contribution in [2.75, 3.05) is 26.3 Å². The SMILES string of the molecule is CCNC(=NCCCOCC)NC(C)CCC(C)C. The number of rotatable bonds is 10. The van der Waals surface area contributed by atoms with Gasteiger partial charge in [0, 0.05) is 32.3 Å². The molecule has 4 heteroatoms. The molecule has 4 nitrogen and oxygen atoms in total. The zero-order valence-corrected chi connectivity index (χ0v) is 13.5. The molecule has 0 spiro atoms. The second-order valence-electron chi connectivity index (χ2n) is 5.33. The molecule has 0 saturated carbocycles. The summed E-state index contributed by atoms with van der Waals surface area (Å²) in [6.45, 7) is 14.1. The fraction of sp³-hybridized carbons (Fsp3) is 0.933. The molecule has 0 heterocycles. The van der Waals surface area contributed by atoms with Crippen LogP contribution < -0.4 is 10.6 Å². The van der Waals surface area contributed by atoms with Gasteiger partial charge in [-0.25, -0.2) is 0 Å². The van der Waals surface area contributed by atoms with Crippen molar-refractivity contribution in [3.8, 4) is 0 Å². The Bertz CT molecular complexity index is 229. The molecule has 1 atom stereocenters. The van der Waals surface area contributed by atoms with Gasteiger partial charge < -0.3 is 15.4 Å². The molecule has 0 aliphatic rings. The van der Waals surface area contributed by atoms with Crippen molar-refractivity contribution in [2.45, 2.75) is 59.9 Å². The maximum atomic E-state index is 5.31. The van der Waals surface area contributed by atoms with Crippen LogP contribution in [0.3, 0.4) is 0 Å². The molecule has 114 valence electrons. The van der Waals surface area contributed by atoms with Crippen LogP contribution in [0.15, 0.2) is 4.99 Å². The molecule has 1 unspecified atom stereocenters. The highest BCUT2D eigenvalue weighted by Crippen LogP contribution is 2.06. The lowest BCUT2D eigenvalue weighted by Crippen LogP contribution is -2.42. The number of ether oxygens (including phenoxy) is 1. The molecule has 0 fully saturated rings. The van der Waals surface area contributed by atoms with Gasteiger partial charge >= 0.3 is 0 Å². The van der Waals surface area contributed by atoms with Gasteiger partial charge in [0.05, 0.1) is 0 Å². The molecule has 0 aromatic heterocycles. The Hall–Kier alpha value is -0.770. The van der Waals surface area contributed by atoms with E-state index in [1.54, 1.807) is 0 Å². The van der Waals surface area contributed by atoms with Crippen molar-refractivity contribution in [1.82, 2.24) is 10.6 Å². The van der Waals surface area contributed by atoms with Gasteiger partial charge in [-0.15, -0.1) is 0 Å². The normalized spacial score (nSPS) is 13.7. The van der Waals surface area contributed by atoms with Crippen LogP contribution in [0.4, 0.5) is 0 Å². The second kappa shape index (κ2) is 12.3. The number of aliphatic imine (C=N–C) groups is 1. The van der Waals surface area contributed by atoms with Crippen LogP contribution in [0, 0.1) is 5.92 Å². The summed E-state index contributed by atoms with van der Waals surface area (Å²) in [5, 5.41) is 6.75. The Kier molecular flexibility index (Phi) is 11.8. The lowest BCUT2D eigenvalue weighted by atomic mass is 10.0. The molecule has 0 aliphatic carbocycles. The predicted octanol–water partition coefficient (Wildman–Crippen LogP) is 2.79. The van der Waals surface area contributed by atoms with Gasteiger partial charge in [-0.3, -0.25) is 4.99 Å². The maximum absolute atomic E-state index is 5.31. The third-order valence-electron chi connectivity index (χ3n) is 2.83. The molecule has 0 radical (unpaired) electrons. The van der Waals surface area contributed by atoms with E-state index in [9.17, 15) is 0 Å². The monoisotopic (exact) mass is 271 g/mol. The van der Waals surface area contributed by atoms with Crippen molar-refractivity contribution in [3.63, 3.8) is 0 Å². The molecule has 19 heavy (non-hydrogen) atoms. The molecule has 0 bridgehead atoms. The Morgan fingerprint density at radius 2 is 1.89 bits per heavy atom. The third-order valence-corrected chi connectivity index (χ3v) is 2.83. The van der Waals surface area contributed by atoms with Crippen molar-refractivity contribution in [1.29, 1.82) is 0 Å². The quantitative estimate of drug-likeness (QED) is 0.365. The molecule has 2 N–H and O–H groups in total. The largest absolute Gasteiger partial charge is 0.382 e. The van der Waals surface area contributed by atoms with Crippen LogP contribution in [-0.2, 0) is 4.74 Å². The average molecular weight is 271 g/mol. The van der Waals surface area contributed by atoms with E-state index in [2.05, 4.69) is 43.3 Å². The third kappa shape index (κ3) is 12.0. The topological polar surface area (TPSA) is 45.7 Å². The van der Waals surface area contributed by atoms with Crippen LogP contribution >= 0.6 is 0 Å². The van der Waals surface area contributed by atoms with Gasteiger partial charge in [0.25, 0.3) is 0 Å². The first-order chi connectivity index (χ1) is 9.10. The molecular weight excluding hydrogens is 238 g/mol. The van der Waals surface area contributed by atoms with Crippen molar-refractivity contribution in [2.24, 2.45) is 10.9 Å². The van der Waals surface area contributed by atoms with Crippen LogP contribution in [0.2, 0.25) is 0 Å². The molecule has 0 rings (SSSR count). The maximum Gasteiger partial charge on any atom is 0.191 e. The molecule has 0 aliphatic heterocycles. The molecule has 0 aromatic carbocycles. The van der Waals surface area contributed by atoms with Crippen molar-refractivity contribution >= 4 is 5.96 Å². The van der Waals surface area contributed by atoms with Gasteiger partial charge in [0.1, 0.15) is 0 Å². The molecule has 0 aromatic rings. The number of nitrogens with one attached hydrogen (secondary N) is 2. The van der Waals surface area contributed by atoms with E-state index in [-0.39, 0.29) is 0 Å². The Morgan fingerprint density at radius 3 is 2.47 bits per heavy atom. The lowest BCUT2D eigenvalue weighted by Gasteiger charge is -2.18. The summed E-state index contributed by atoms with van der Waals surface area (Å²) in [7, 11) is 0. The summed E-state index contributed by atoms with van der Waals surface area (Å²) >= 11 is 0. The summed E-state index contributed by atoms with van der Waals surface area (Å²) in [6, 6.07) is 0.465. The second-order valence-corrected chi connectivity index (χ2v) is 5.33. The van der Waals surface area contributed by atoms with Crippen LogP contribution in [0.5, 0.6) is 0 Å². The number of hydrogen-bond donors (Lipinski definition) is 2. The summed E-state index contributed by atoms with van der Waals surface area (Å²) in [5.74, 6) is 1.69. The van der Waals surface area contributed by atoms with Crippen LogP contribution in [-0.4, -0.2) is 38.3 Å². The predicted molar refractivity (Wildman–Crippen MR) is 83.8 cm³/mol. The summed E-state index contributed by atoms with van der Waals surface area (Å²) in [5.41, 5.74) is 0. The minimum absolute atomic E-state index is 0.465. The molecule has 0 saturated heterocycles. The van der Waals surface area contributed by atoms with Gasteiger partial charge in [0.2, 0.25) is 0 Å². The fourth-order valence-electron chi connectivity index (χ4n) is 1.71. The average Bonchev–Trinajstić information content (AvgIpc) is 2.36. The fourth-order valence-corrected chi connectivity index (χ4v) is 1.71. The van der Waals surface area contributed by atoms with Gasteiger partial charge in [0.15, 0.2) is 5.96 Å². The van der Waals surface area contributed by atoms with Crippen molar-refractivity contribution < 1.29 is 4.74 Å². The minimum atomic E-state index is 0.465. The Morgan fingerprint density at radius 1 is 1.16 bits per heavy atom. The van der Waals surface area contributed by atoms with Gasteiger partial charge in [-0.05, 0) is 46.0 Å². The Balaban J connectivity index is 3.97. The van der Waals surface area contributed by atoms with E-state index in [1.807, 2.05) is 6.92 Å². The number of nitrogens with zero attached hydrogens (tertiary/aromatic N) is 1. The lowest BCUT2D eigenvalue weighted by molar-refractivity contribution is 0.146. The van der Waals surface area contributed by atoms with Gasteiger partial charge in [-0.1, -0.05) is 13.8 Å². The van der Waals surface area contributed by atoms with Crippen molar-refractivity contribution in [3.05, 3.63) is 0 Å². The van der Waals surface area contributed by atoms with Crippen LogP contribution in [0.25, 0.3) is 0 Å². The molecular formula is C15H33N3O. The summed E-state index contributed by atoms with van der Waals surface area (Å²) in [6.07, 6.45) is 3.41. The van der Waals surface area contributed by atoms with E-state index >= 15 is 0 Å². The first-order valence-electron chi connectivity index (χ1n) is 7.72. The first kappa shape index (κ1) is 18.2. The molecule has 0 amide bonds. The standard InChI is InChI=1S/C15H33N3O/c1-6-16-15(17-11-8-12-19-7-2)18-14(5)10-9-13(3)4/h13-14H,6-12H2,1-5H3,(H2,16,17,18). The highest BCUT2D eigenvalue weighted by molar-refractivity contribution is 5.79. The van der Waals surface area contributed by atoms with Gasteiger partial charge in [-0.2, -0.15) is 0 Å². The highest BCUT2D eigenvalue weighted by Gasteiger charge is 2.05. The minimum Gasteiger partial charge on any atom is -0.382 e. The van der Waals surface area contributed by atoms with E-state index in [4.69, 9.17) is 4.74 Å². The van der Waals surface area contributed by atoms with Crippen LogP contribution in [0.1, 0.15) is 53.9 Å². The number of hydrogen-bond acceptors (Lipinski definition) is 2. The highest BCUT2D eigenvalue weighted by atomic mass is 16.5.